The first-order chi connectivity index (χ1) is 9.80. The second-order valence-electron chi connectivity index (χ2n) is 5.59. The molecule has 0 saturated heterocycles. The lowest BCUT2D eigenvalue weighted by atomic mass is 10.1. The minimum absolute atomic E-state index is 0.0203. The lowest BCUT2D eigenvalue weighted by Gasteiger charge is -2.29. The van der Waals surface area contributed by atoms with Gasteiger partial charge in [-0.25, -0.2) is 8.42 Å². The smallest absolute Gasteiger partial charge is 0.218 e. The second kappa shape index (κ2) is 7.89. The highest BCUT2D eigenvalue weighted by Gasteiger charge is 2.26. The van der Waals surface area contributed by atoms with Crippen molar-refractivity contribution in [1.29, 1.82) is 0 Å². The van der Waals surface area contributed by atoms with Gasteiger partial charge in [-0.05, 0) is 32.1 Å². The van der Waals surface area contributed by atoms with E-state index in [-0.39, 0.29) is 11.8 Å². The second-order valence-corrected chi connectivity index (χ2v) is 7.52. The molecule has 0 bridgehead atoms. The minimum Gasteiger partial charge on any atom is -0.326 e. The summed E-state index contributed by atoms with van der Waals surface area (Å²) in [7, 11) is 0.563. The molecule has 2 N–H and O–H groups in total. The minimum atomic E-state index is -3.33. The molecule has 0 heterocycles. The van der Waals surface area contributed by atoms with Gasteiger partial charge in [-0.2, -0.15) is 4.31 Å². The highest BCUT2D eigenvalue weighted by Crippen LogP contribution is 2.15. The number of hydrogen-bond donors (Lipinski definition) is 1. The maximum Gasteiger partial charge on any atom is 0.218 e. The maximum absolute atomic E-state index is 12.6. The van der Waals surface area contributed by atoms with Crippen molar-refractivity contribution in [2.75, 3.05) is 27.2 Å². The van der Waals surface area contributed by atoms with E-state index in [4.69, 9.17) is 5.73 Å². The van der Waals surface area contributed by atoms with E-state index in [2.05, 4.69) is 0 Å². The SMILES string of the molecule is CCN(C(C)CN(C)C)S(=O)(=O)Cc1cccc(CN)c1. The van der Waals surface area contributed by atoms with E-state index in [0.717, 1.165) is 11.1 Å². The standard InChI is InChI=1S/C15H27N3O2S/c1-5-18(13(2)11-17(3)4)21(19,20)12-15-8-6-7-14(9-15)10-16/h6-9,13H,5,10-12,16H2,1-4H3. The number of hydrogen-bond acceptors (Lipinski definition) is 4. The molecule has 0 aliphatic carbocycles. The van der Waals surface area contributed by atoms with E-state index in [1.807, 2.05) is 57.1 Å². The predicted octanol–water partition coefficient (Wildman–Crippen LogP) is 1.25. The molecule has 1 rings (SSSR count). The van der Waals surface area contributed by atoms with Crippen LogP contribution in [0.3, 0.4) is 0 Å². The van der Waals surface area contributed by atoms with E-state index >= 15 is 0 Å². The Morgan fingerprint density at radius 3 is 2.38 bits per heavy atom. The number of rotatable bonds is 8. The normalized spacial score (nSPS) is 13.9. The average molecular weight is 313 g/mol. The fourth-order valence-corrected chi connectivity index (χ4v) is 4.32. The Labute approximate surface area is 128 Å². The Morgan fingerprint density at radius 2 is 1.86 bits per heavy atom. The van der Waals surface area contributed by atoms with Gasteiger partial charge in [0.15, 0.2) is 0 Å². The van der Waals surface area contributed by atoms with Crippen LogP contribution in [0.2, 0.25) is 0 Å². The number of likely N-dealkylation sites (N-methyl/N-ethyl adjacent to an activating group) is 2. The van der Waals surface area contributed by atoms with Crippen molar-refractivity contribution in [2.45, 2.75) is 32.2 Å². The first-order valence-electron chi connectivity index (χ1n) is 7.22. The lowest BCUT2D eigenvalue weighted by Crippen LogP contribution is -2.44. The van der Waals surface area contributed by atoms with Gasteiger partial charge in [-0.3, -0.25) is 0 Å². The van der Waals surface area contributed by atoms with Crippen molar-refractivity contribution in [3.05, 3.63) is 35.4 Å². The molecular weight excluding hydrogens is 286 g/mol. The highest BCUT2D eigenvalue weighted by atomic mass is 32.2. The Bertz CT molecular complexity index is 544. The van der Waals surface area contributed by atoms with Crippen molar-refractivity contribution < 1.29 is 8.42 Å². The lowest BCUT2D eigenvalue weighted by molar-refractivity contribution is 0.271. The molecule has 0 fully saturated rings. The van der Waals surface area contributed by atoms with Crippen LogP contribution in [0.5, 0.6) is 0 Å². The van der Waals surface area contributed by atoms with Crippen LogP contribution in [-0.4, -0.2) is 50.8 Å². The number of benzene rings is 1. The van der Waals surface area contributed by atoms with Crippen molar-refractivity contribution >= 4 is 10.0 Å². The van der Waals surface area contributed by atoms with Crippen LogP contribution >= 0.6 is 0 Å². The number of nitrogens with two attached hydrogens (primary N) is 1. The quantitative estimate of drug-likeness (QED) is 0.784. The molecule has 1 unspecified atom stereocenters. The molecule has 0 saturated carbocycles. The predicted molar refractivity (Wildman–Crippen MR) is 87.4 cm³/mol. The molecule has 21 heavy (non-hydrogen) atoms. The van der Waals surface area contributed by atoms with E-state index in [0.29, 0.717) is 19.6 Å². The van der Waals surface area contributed by atoms with Gasteiger partial charge in [0.25, 0.3) is 0 Å². The van der Waals surface area contributed by atoms with Crippen LogP contribution in [0.4, 0.5) is 0 Å². The fourth-order valence-electron chi connectivity index (χ4n) is 2.54. The molecule has 5 nitrogen and oxygen atoms in total. The average Bonchev–Trinajstić information content (AvgIpc) is 2.37. The van der Waals surface area contributed by atoms with E-state index in [1.54, 1.807) is 4.31 Å². The van der Waals surface area contributed by atoms with Crippen molar-refractivity contribution in [2.24, 2.45) is 5.73 Å². The highest BCUT2D eigenvalue weighted by molar-refractivity contribution is 7.88. The summed E-state index contributed by atoms with van der Waals surface area (Å²) in [5, 5.41) is 0. The summed E-state index contributed by atoms with van der Waals surface area (Å²) in [4.78, 5) is 2.00. The van der Waals surface area contributed by atoms with Crippen LogP contribution in [0.15, 0.2) is 24.3 Å². The van der Waals surface area contributed by atoms with Crippen LogP contribution in [0.1, 0.15) is 25.0 Å². The van der Waals surface area contributed by atoms with Crippen LogP contribution in [-0.2, 0) is 22.3 Å². The van der Waals surface area contributed by atoms with Crippen molar-refractivity contribution in [1.82, 2.24) is 9.21 Å². The first kappa shape index (κ1) is 18.1. The van der Waals surface area contributed by atoms with E-state index in [1.165, 1.54) is 0 Å². The zero-order valence-corrected chi connectivity index (χ0v) is 14.2. The molecular formula is C15H27N3O2S. The summed E-state index contributed by atoms with van der Waals surface area (Å²) in [5.74, 6) is 0.0203. The molecule has 1 aromatic rings. The van der Waals surface area contributed by atoms with Gasteiger partial charge < -0.3 is 10.6 Å². The fraction of sp³-hybridized carbons (Fsp3) is 0.600. The number of sulfonamides is 1. The zero-order chi connectivity index (χ0) is 16.0. The van der Waals surface area contributed by atoms with Gasteiger partial charge in [0.1, 0.15) is 0 Å². The van der Waals surface area contributed by atoms with Crippen LogP contribution in [0, 0.1) is 0 Å². The van der Waals surface area contributed by atoms with Crippen molar-refractivity contribution in [3.63, 3.8) is 0 Å². The Morgan fingerprint density at radius 1 is 1.24 bits per heavy atom. The summed E-state index contributed by atoms with van der Waals surface area (Å²) in [6.45, 7) is 5.42. The molecule has 120 valence electrons. The summed E-state index contributed by atoms with van der Waals surface area (Å²) < 4.78 is 26.8. The van der Waals surface area contributed by atoms with Crippen LogP contribution < -0.4 is 5.73 Å². The van der Waals surface area contributed by atoms with E-state index in [9.17, 15) is 8.42 Å². The van der Waals surface area contributed by atoms with Gasteiger partial charge in [-0.15, -0.1) is 0 Å². The largest absolute Gasteiger partial charge is 0.326 e. The molecule has 0 spiro atoms. The molecule has 0 amide bonds. The van der Waals surface area contributed by atoms with Gasteiger partial charge in [-0.1, -0.05) is 31.2 Å². The third-order valence-electron chi connectivity index (χ3n) is 3.37. The zero-order valence-electron chi connectivity index (χ0n) is 13.4. The topological polar surface area (TPSA) is 66.6 Å². The first-order valence-corrected chi connectivity index (χ1v) is 8.83. The monoisotopic (exact) mass is 313 g/mol. The van der Waals surface area contributed by atoms with Gasteiger partial charge in [0.05, 0.1) is 5.75 Å². The summed E-state index contributed by atoms with van der Waals surface area (Å²) in [6.07, 6.45) is 0. The molecule has 0 aliphatic heterocycles. The summed E-state index contributed by atoms with van der Waals surface area (Å²) in [6, 6.07) is 7.41. The third kappa shape index (κ3) is 5.39. The maximum atomic E-state index is 12.6. The Kier molecular flexibility index (Phi) is 6.80. The molecule has 0 aromatic heterocycles. The summed E-state index contributed by atoms with van der Waals surface area (Å²) >= 11 is 0. The Hall–Kier alpha value is -0.950. The van der Waals surface area contributed by atoms with Gasteiger partial charge >= 0.3 is 0 Å². The molecule has 0 aliphatic rings. The van der Waals surface area contributed by atoms with Crippen LogP contribution in [0.25, 0.3) is 0 Å². The van der Waals surface area contributed by atoms with E-state index < -0.39 is 10.0 Å². The van der Waals surface area contributed by atoms with Crippen molar-refractivity contribution in [3.8, 4) is 0 Å². The molecule has 0 radical (unpaired) electrons. The molecule has 1 atom stereocenters. The summed E-state index contributed by atoms with van der Waals surface area (Å²) in [5.41, 5.74) is 7.34. The van der Waals surface area contributed by atoms with Gasteiger partial charge in [0, 0.05) is 25.7 Å². The Balaban J connectivity index is 2.91. The third-order valence-corrected chi connectivity index (χ3v) is 5.40. The van der Waals surface area contributed by atoms with Gasteiger partial charge in [0.2, 0.25) is 10.0 Å². The molecule has 1 aromatic carbocycles. The number of nitrogens with zero attached hydrogens (tertiary/aromatic N) is 2. The molecule has 6 heteroatoms.